The summed E-state index contributed by atoms with van der Waals surface area (Å²) >= 11 is 0. The first-order valence-electron chi connectivity index (χ1n) is 13.5. The summed E-state index contributed by atoms with van der Waals surface area (Å²) < 4.78 is 5.39. The molecule has 0 aromatic rings. The Kier molecular flexibility index (Phi) is 8.93. The lowest BCUT2D eigenvalue weighted by Gasteiger charge is -2.31. The van der Waals surface area contributed by atoms with E-state index in [1.54, 1.807) is 25.7 Å². The van der Waals surface area contributed by atoms with Crippen molar-refractivity contribution in [3.05, 3.63) is 12.2 Å². The van der Waals surface area contributed by atoms with Crippen molar-refractivity contribution in [2.24, 2.45) is 5.92 Å². The maximum absolute atomic E-state index is 13.6. The van der Waals surface area contributed by atoms with Crippen LogP contribution in [0.15, 0.2) is 12.2 Å². The van der Waals surface area contributed by atoms with Crippen LogP contribution in [0, 0.1) is 5.92 Å². The first-order valence-corrected chi connectivity index (χ1v) is 13.5. The van der Waals surface area contributed by atoms with E-state index >= 15 is 0 Å². The highest BCUT2D eigenvalue weighted by Crippen LogP contribution is 2.45. The zero-order chi connectivity index (χ0) is 27.4. The maximum Gasteiger partial charge on any atom is 0.408 e. The second kappa shape index (κ2) is 11.4. The molecule has 37 heavy (non-hydrogen) atoms. The maximum atomic E-state index is 13.6. The molecule has 4 unspecified atom stereocenters. The van der Waals surface area contributed by atoms with E-state index in [9.17, 15) is 19.2 Å². The molecular formula is C27H44N4O6. The van der Waals surface area contributed by atoms with E-state index in [4.69, 9.17) is 9.57 Å². The number of carbonyl (C=O) groups excluding carboxylic acids is 4. The van der Waals surface area contributed by atoms with Crippen molar-refractivity contribution in [3.63, 3.8) is 0 Å². The Morgan fingerprint density at radius 2 is 1.76 bits per heavy atom. The van der Waals surface area contributed by atoms with Crippen LogP contribution in [0.2, 0.25) is 0 Å². The Balaban J connectivity index is 1.80. The molecule has 2 fully saturated rings. The molecule has 3 rings (SSSR count). The molecule has 2 heterocycles. The van der Waals surface area contributed by atoms with Gasteiger partial charge in [-0.1, -0.05) is 25.0 Å². The van der Waals surface area contributed by atoms with Gasteiger partial charge < -0.3 is 20.3 Å². The summed E-state index contributed by atoms with van der Waals surface area (Å²) in [5.41, 5.74) is 0.144. The number of rotatable bonds is 3. The van der Waals surface area contributed by atoms with Gasteiger partial charge in [0.25, 0.3) is 5.91 Å². The van der Waals surface area contributed by atoms with Gasteiger partial charge >= 0.3 is 6.09 Å². The van der Waals surface area contributed by atoms with Gasteiger partial charge in [-0.05, 0) is 80.1 Å². The van der Waals surface area contributed by atoms with Gasteiger partial charge in [0.05, 0.1) is 5.60 Å². The monoisotopic (exact) mass is 520 g/mol. The van der Waals surface area contributed by atoms with Gasteiger partial charge in [-0.3, -0.25) is 19.2 Å². The van der Waals surface area contributed by atoms with Crippen molar-refractivity contribution in [1.82, 2.24) is 21.0 Å². The standard InChI is InChI=1S/C27H44N4O6/c1-25(2,3)36-24(35)28-19-14-11-9-7-8-10-13-18-17-27(18,23(34)30-37-26(4,5)6)29-21(32)20-15-12-16-31(20)22(19)33/h10,13,18-20H,7-9,11-12,14-17H2,1-6H3,(H,28,35)(H,29,32)(H,30,34). The number of nitrogens with zero attached hydrogens (tertiary/aromatic N) is 1. The van der Waals surface area contributed by atoms with Crippen LogP contribution in [0.1, 0.15) is 92.9 Å². The number of hydroxylamine groups is 1. The Hall–Kier alpha value is -2.62. The number of hydrogen-bond acceptors (Lipinski definition) is 6. The van der Waals surface area contributed by atoms with Gasteiger partial charge in [-0.15, -0.1) is 0 Å². The molecule has 4 amide bonds. The third-order valence-corrected chi connectivity index (χ3v) is 6.78. The fourth-order valence-corrected chi connectivity index (χ4v) is 4.83. The number of nitrogens with one attached hydrogen (secondary N) is 3. The number of amides is 4. The molecule has 1 aliphatic carbocycles. The van der Waals surface area contributed by atoms with Crippen LogP contribution in [0.4, 0.5) is 4.79 Å². The Morgan fingerprint density at radius 1 is 1.03 bits per heavy atom. The van der Waals surface area contributed by atoms with E-state index in [0.29, 0.717) is 32.2 Å². The molecule has 3 aliphatic rings. The largest absolute Gasteiger partial charge is 0.444 e. The van der Waals surface area contributed by atoms with Crippen LogP contribution < -0.4 is 16.1 Å². The van der Waals surface area contributed by atoms with Crippen molar-refractivity contribution in [1.29, 1.82) is 0 Å². The highest BCUT2D eigenvalue weighted by Gasteiger charge is 2.61. The zero-order valence-electron chi connectivity index (χ0n) is 23.1. The first-order chi connectivity index (χ1) is 17.2. The van der Waals surface area contributed by atoms with E-state index in [2.05, 4.69) is 22.2 Å². The molecule has 0 radical (unpaired) electrons. The fraction of sp³-hybridized carbons (Fsp3) is 0.778. The van der Waals surface area contributed by atoms with E-state index in [1.807, 2.05) is 26.8 Å². The molecule has 1 saturated heterocycles. The highest BCUT2D eigenvalue weighted by molar-refractivity contribution is 5.98. The molecule has 10 heteroatoms. The van der Waals surface area contributed by atoms with Crippen LogP contribution in [-0.2, 0) is 24.0 Å². The number of hydrogen-bond donors (Lipinski definition) is 3. The molecular weight excluding hydrogens is 476 g/mol. The molecule has 1 saturated carbocycles. The van der Waals surface area contributed by atoms with E-state index in [0.717, 1.165) is 25.7 Å². The number of carbonyl (C=O) groups is 4. The van der Waals surface area contributed by atoms with Crippen molar-refractivity contribution in [3.8, 4) is 0 Å². The van der Waals surface area contributed by atoms with Gasteiger partial charge in [0, 0.05) is 12.5 Å². The smallest absolute Gasteiger partial charge is 0.408 e. The van der Waals surface area contributed by atoms with Crippen LogP contribution in [0.25, 0.3) is 0 Å². The van der Waals surface area contributed by atoms with Crippen molar-refractivity contribution in [2.75, 3.05) is 6.54 Å². The Morgan fingerprint density at radius 3 is 2.43 bits per heavy atom. The van der Waals surface area contributed by atoms with Crippen molar-refractivity contribution in [2.45, 2.75) is 122 Å². The quantitative estimate of drug-likeness (QED) is 0.388. The summed E-state index contributed by atoms with van der Waals surface area (Å²) in [7, 11) is 0. The lowest BCUT2D eigenvalue weighted by atomic mass is 10.0. The number of ether oxygens (including phenoxy) is 1. The molecule has 0 aromatic carbocycles. The normalized spacial score (nSPS) is 29.2. The summed E-state index contributed by atoms with van der Waals surface area (Å²) in [5, 5.41) is 5.70. The summed E-state index contributed by atoms with van der Waals surface area (Å²) in [4.78, 5) is 59.8. The highest BCUT2D eigenvalue weighted by atomic mass is 16.7. The third kappa shape index (κ3) is 7.93. The van der Waals surface area contributed by atoms with Crippen LogP contribution >= 0.6 is 0 Å². The summed E-state index contributed by atoms with van der Waals surface area (Å²) in [6, 6.07) is -1.49. The van der Waals surface area contributed by atoms with E-state index < -0.39 is 40.8 Å². The lowest BCUT2D eigenvalue weighted by molar-refractivity contribution is -0.151. The average molecular weight is 521 g/mol. The predicted octanol–water partition coefficient (Wildman–Crippen LogP) is 3.11. The fourth-order valence-electron chi connectivity index (χ4n) is 4.83. The zero-order valence-corrected chi connectivity index (χ0v) is 23.1. The minimum absolute atomic E-state index is 0.141. The van der Waals surface area contributed by atoms with Gasteiger partial charge in [0.2, 0.25) is 11.8 Å². The molecule has 4 atom stereocenters. The minimum atomic E-state index is -1.11. The van der Waals surface area contributed by atoms with Crippen molar-refractivity contribution >= 4 is 23.8 Å². The average Bonchev–Trinajstić information content (AvgIpc) is 3.23. The molecule has 0 spiro atoms. The van der Waals surface area contributed by atoms with Crippen molar-refractivity contribution < 1.29 is 28.8 Å². The molecule has 2 aliphatic heterocycles. The van der Waals surface area contributed by atoms with Crippen LogP contribution in [0.3, 0.4) is 0 Å². The minimum Gasteiger partial charge on any atom is -0.444 e. The van der Waals surface area contributed by atoms with Crippen LogP contribution in [0.5, 0.6) is 0 Å². The Bertz CT molecular complexity index is 906. The van der Waals surface area contributed by atoms with Gasteiger partial charge in [0.1, 0.15) is 23.2 Å². The Labute approximate surface area is 220 Å². The summed E-state index contributed by atoms with van der Waals surface area (Å²) in [6.07, 6.45) is 8.89. The predicted molar refractivity (Wildman–Crippen MR) is 138 cm³/mol. The molecule has 0 aromatic heterocycles. The molecule has 208 valence electrons. The van der Waals surface area contributed by atoms with Crippen LogP contribution in [-0.4, -0.2) is 64.1 Å². The van der Waals surface area contributed by atoms with E-state index in [1.165, 1.54) is 0 Å². The third-order valence-electron chi connectivity index (χ3n) is 6.78. The summed E-state index contributed by atoms with van der Waals surface area (Å²) in [5.74, 6) is -1.19. The molecule has 0 bridgehead atoms. The SMILES string of the molecule is CC(C)(C)ONC(=O)C12CC1C=CCCCCCC(NC(=O)OC(C)(C)C)C(=O)N1CCCC1C(=O)N2. The summed E-state index contributed by atoms with van der Waals surface area (Å²) in [6.45, 7) is 11.2. The topological polar surface area (TPSA) is 126 Å². The number of alkyl carbamates (subject to hydrolysis) is 1. The molecule has 3 N–H and O–H groups in total. The van der Waals surface area contributed by atoms with Gasteiger partial charge in [-0.25, -0.2) is 10.3 Å². The second-order valence-corrected chi connectivity index (χ2v) is 12.4. The first kappa shape index (κ1) is 28.9. The van der Waals surface area contributed by atoms with Gasteiger partial charge in [0.15, 0.2) is 0 Å². The number of allylic oxidation sites excluding steroid dienone is 1. The number of fused-ring (bicyclic) bond motifs is 2. The second-order valence-electron chi connectivity index (χ2n) is 12.4. The van der Waals surface area contributed by atoms with Gasteiger partial charge in [-0.2, -0.15) is 0 Å². The van der Waals surface area contributed by atoms with E-state index in [-0.39, 0.29) is 17.7 Å². The molecule has 10 nitrogen and oxygen atoms in total. The lowest BCUT2D eigenvalue weighted by Crippen LogP contribution is -2.58.